The Hall–Kier alpha value is -2.21. The van der Waals surface area contributed by atoms with Crippen molar-refractivity contribution in [2.45, 2.75) is 38.3 Å². The summed E-state index contributed by atoms with van der Waals surface area (Å²) in [6, 6.07) is 13.1. The molecule has 0 aliphatic carbocycles. The first-order chi connectivity index (χ1) is 13.3. The van der Waals surface area contributed by atoms with E-state index in [0.29, 0.717) is 12.6 Å². The van der Waals surface area contributed by atoms with Crippen molar-refractivity contribution in [3.8, 4) is 5.75 Å². The average Bonchev–Trinajstić information content (AvgIpc) is 3.36. The summed E-state index contributed by atoms with van der Waals surface area (Å²) < 4.78 is 6.01. The Kier molecular flexibility index (Phi) is 5.82. The van der Waals surface area contributed by atoms with E-state index in [1.54, 1.807) is 0 Å². The molecule has 0 spiro atoms. The third-order valence-corrected chi connectivity index (χ3v) is 6.09. The highest BCUT2D eigenvalue weighted by Gasteiger charge is 2.23. The lowest BCUT2D eigenvalue weighted by molar-refractivity contribution is 0.241. The molecule has 1 aromatic heterocycles. The predicted molar refractivity (Wildman–Crippen MR) is 113 cm³/mol. The third kappa shape index (κ3) is 4.56. The average molecular weight is 385 g/mol. The Morgan fingerprint density at radius 3 is 2.81 bits per heavy atom. The molecule has 2 aromatic rings. The summed E-state index contributed by atoms with van der Waals surface area (Å²) >= 11 is 1.83. The lowest BCUT2D eigenvalue weighted by Gasteiger charge is -2.33. The number of thiophene rings is 1. The van der Waals surface area contributed by atoms with Crippen LogP contribution in [0, 0.1) is 0 Å². The van der Waals surface area contributed by atoms with Gasteiger partial charge in [-0.2, -0.15) is 0 Å². The maximum absolute atomic E-state index is 6.01. The molecular weight excluding hydrogens is 356 g/mol. The smallest absolute Gasteiger partial charge is 0.191 e. The molecule has 0 saturated carbocycles. The van der Waals surface area contributed by atoms with Gasteiger partial charge in [0.2, 0.25) is 0 Å². The zero-order chi connectivity index (χ0) is 18.5. The molecule has 1 aromatic carbocycles. The van der Waals surface area contributed by atoms with Gasteiger partial charge in [-0.15, -0.1) is 11.3 Å². The number of fused-ring (bicyclic) bond motifs is 1. The van der Waals surface area contributed by atoms with E-state index in [1.807, 2.05) is 23.5 Å². The number of benzene rings is 1. The number of nitrogens with zero attached hydrogens (tertiary/aromatic N) is 2. The highest BCUT2D eigenvalue weighted by Crippen LogP contribution is 2.28. The molecule has 2 aliphatic heterocycles. The van der Waals surface area contributed by atoms with Gasteiger partial charge in [0.1, 0.15) is 11.9 Å². The van der Waals surface area contributed by atoms with Crippen LogP contribution in [0.5, 0.6) is 5.75 Å². The number of hydrogen-bond acceptors (Lipinski definition) is 4. The molecule has 3 heterocycles. The van der Waals surface area contributed by atoms with Crippen molar-refractivity contribution < 1.29 is 4.74 Å². The second-order valence-corrected chi connectivity index (χ2v) is 8.05. The molecule has 144 valence electrons. The van der Waals surface area contributed by atoms with Gasteiger partial charge in [-0.1, -0.05) is 18.2 Å². The zero-order valence-electron chi connectivity index (χ0n) is 15.9. The van der Waals surface area contributed by atoms with Crippen LogP contribution in [0.1, 0.15) is 25.3 Å². The summed E-state index contributed by atoms with van der Waals surface area (Å²) in [5, 5.41) is 10.5. The van der Waals surface area contributed by atoms with Crippen LogP contribution in [-0.2, 0) is 6.42 Å². The van der Waals surface area contributed by atoms with Crippen molar-refractivity contribution in [3.05, 3.63) is 47.3 Å². The molecule has 1 fully saturated rings. The van der Waals surface area contributed by atoms with Crippen LogP contribution in [0.4, 0.5) is 5.00 Å². The largest absolute Gasteiger partial charge is 0.488 e. The minimum absolute atomic E-state index is 0.138. The fraction of sp³-hybridized carbons (Fsp3) is 0.476. The molecule has 1 unspecified atom stereocenters. The van der Waals surface area contributed by atoms with Crippen molar-refractivity contribution in [1.29, 1.82) is 0 Å². The third-order valence-electron chi connectivity index (χ3n) is 5.16. The first-order valence-corrected chi connectivity index (χ1v) is 10.8. The number of anilines is 1. The number of rotatable bonds is 5. The summed E-state index contributed by atoms with van der Waals surface area (Å²) in [5.41, 5.74) is 1.29. The van der Waals surface area contributed by atoms with E-state index in [2.05, 4.69) is 52.1 Å². The van der Waals surface area contributed by atoms with Crippen molar-refractivity contribution in [2.75, 3.05) is 31.1 Å². The number of para-hydroxylation sites is 1. The van der Waals surface area contributed by atoms with Gasteiger partial charge < -0.3 is 20.3 Å². The summed E-state index contributed by atoms with van der Waals surface area (Å²) in [7, 11) is 0. The van der Waals surface area contributed by atoms with E-state index < -0.39 is 0 Å². The van der Waals surface area contributed by atoms with E-state index in [4.69, 9.17) is 9.73 Å². The lowest BCUT2D eigenvalue weighted by Crippen LogP contribution is -2.49. The fourth-order valence-electron chi connectivity index (χ4n) is 3.76. The molecule has 5 nitrogen and oxygen atoms in total. The van der Waals surface area contributed by atoms with Crippen LogP contribution >= 0.6 is 11.3 Å². The molecule has 6 heteroatoms. The van der Waals surface area contributed by atoms with Gasteiger partial charge >= 0.3 is 0 Å². The van der Waals surface area contributed by atoms with E-state index >= 15 is 0 Å². The molecule has 1 saturated heterocycles. The van der Waals surface area contributed by atoms with Crippen molar-refractivity contribution in [1.82, 2.24) is 10.6 Å². The first-order valence-electron chi connectivity index (χ1n) is 9.89. The normalized spacial score (nSPS) is 20.3. The molecule has 0 amide bonds. The number of hydrogen-bond donors (Lipinski definition) is 2. The topological polar surface area (TPSA) is 48.9 Å². The lowest BCUT2D eigenvalue weighted by atomic mass is 10.1. The number of guanidine groups is 1. The molecular formula is C21H28N4OS. The Labute approximate surface area is 165 Å². The van der Waals surface area contributed by atoms with E-state index in [1.165, 1.54) is 10.6 Å². The van der Waals surface area contributed by atoms with Gasteiger partial charge in [-0.05, 0) is 48.9 Å². The van der Waals surface area contributed by atoms with Crippen LogP contribution in [0.15, 0.2) is 46.8 Å². The summed E-state index contributed by atoms with van der Waals surface area (Å²) in [5.74, 6) is 1.92. The predicted octanol–water partition coefficient (Wildman–Crippen LogP) is 3.28. The van der Waals surface area contributed by atoms with Gasteiger partial charge in [0.05, 0.1) is 11.5 Å². The second kappa shape index (κ2) is 8.65. The van der Waals surface area contributed by atoms with Gasteiger partial charge in [0, 0.05) is 32.1 Å². The van der Waals surface area contributed by atoms with Gasteiger partial charge in [-0.25, -0.2) is 4.99 Å². The second-order valence-electron chi connectivity index (χ2n) is 7.13. The number of aliphatic imine (C=N–C) groups is 1. The number of ether oxygens (including phenoxy) is 1. The van der Waals surface area contributed by atoms with Crippen molar-refractivity contribution >= 4 is 22.3 Å². The SMILES string of the molecule is CCNC(=NCC1Cc2ccccc2O1)NC1CCN(c2cccs2)CC1. The van der Waals surface area contributed by atoms with Crippen LogP contribution in [0.25, 0.3) is 0 Å². The molecule has 4 rings (SSSR count). The highest BCUT2D eigenvalue weighted by molar-refractivity contribution is 7.14. The molecule has 27 heavy (non-hydrogen) atoms. The fourth-order valence-corrected chi connectivity index (χ4v) is 4.54. The minimum atomic E-state index is 0.138. The van der Waals surface area contributed by atoms with Crippen LogP contribution < -0.4 is 20.3 Å². The Balaban J connectivity index is 1.29. The van der Waals surface area contributed by atoms with E-state index in [9.17, 15) is 0 Å². The molecule has 0 radical (unpaired) electrons. The van der Waals surface area contributed by atoms with Gasteiger partial charge in [-0.3, -0.25) is 0 Å². The standard InChI is InChI=1S/C21H28N4OS/c1-2-22-21(23-15-18-14-16-6-3-4-7-19(16)26-18)24-17-9-11-25(12-10-17)20-8-5-13-27-20/h3-8,13,17-18H,2,9-12,14-15H2,1H3,(H2,22,23,24). The summed E-state index contributed by atoms with van der Waals surface area (Å²) in [6.45, 7) is 5.85. The molecule has 0 bridgehead atoms. The van der Waals surface area contributed by atoms with Crippen LogP contribution in [0.2, 0.25) is 0 Å². The summed E-state index contributed by atoms with van der Waals surface area (Å²) in [4.78, 5) is 7.28. The highest BCUT2D eigenvalue weighted by atomic mass is 32.1. The maximum Gasteiger partial charge on any atom is 0.191 e. The van der Waals surface area contributed by atoms with Gasteiger partial charge in [0.25, 0.3) is 0 Å². The van der Waals surface area contributed by atoms with Crippen molar-refractivity contribution in [3.63, 3.8) is 0 Å². The number of piperidine rings is 1. The van der Waals surface area contributed by atoms with Gasteiger partial charge in [0.15, 0.2) is 5.96 Å². The number of nitrogens with one attached hydrogen (secondary N) is 2. The van der Waals surface area contributed by atoms with E-state index in [-0.39, 0.29) is 6.10 Å². The monoisotopic (exact) mass is 384 g/mol. The molecule has 2 N–H and O–H groups in total. The van der Waals surface area contributed by atoms with Crippen molar-refractivity contribution in [2.24, 2.45) is 4.99 Å². The molecule has 2 aliphatic rings. The summed E-state index contributed by atoms with van der Waals surface area (Å²) in [6.07, 6.45) is 3.35. The Bertz CT molecular complexity index is 728. The minimum Gasteiger partial charge on any atom is -0.488 e. The maximum atomic E-state index is 6.01. The zero-order valence-corrected chi connectivity index (χ0v) is 16.7. The van der Waals surface area contributed by atoms with E-state index in [0.717, 1.165) is 50.6 Å². The Morgan fingerprint density at radius 2 is 2.07 bits per heavy atom. The quantitative estimate of drug-likeness (QED) is 0.614. The van der Waals surface area contributed by atoms with Crippen LogP contribution in [0.3, 0.4) is 0 Å². The Morgan fingerprint density at radius 1 is 1.22 bits per heavy atom. The first kappa shape index (κ1) is 18.2. The van der Waals surface area contributed by atoms with Crippen LogP contribution in [-0.4, -0.2) is 44.3 Å². The molecule has 1 atom stereocenters.